The van der Waals surface area contributed by atoms with E-state index in [1.807, 2.05) is 6.92 Å². The van der Waals surface area contributed by atoms with Crippen LogP contribution in [0.1, 0.15) is 46.0 Å². The van der Waals surface area contributed by atoms with Crippen LogP contribution < -0.4 is 5.32 Å². The lowest BCUT2D eigenvalue weighted by molar-refractivity contribution is -0.128. The highest BCUT2D eigenvalue weighted by Crippen LogP contribution is 2.21. The number of nitrogens with one attached hydrogen (secondary N) is 1. The van der Waals surface area contributed by atoms with Crippen molar-refractivity contribution in [2.75, 3.05) is 13.1 Å². The van der Waals surface area contributed by atoms with Crippen molar-refractivity contribution in [2.24, 2.45) is 0 Å². The maximum absolute atomic E-state index is 12.0. The highest BCUT2D eigenvalue weighted by molar-refractivity contribution is 5.82. The normalized spacial score (nSPS) is 22.1. The van der Waals surface area contributed by atoms with Crippen LogP contribution in [0.25, 0.3) is 0 Å². The SMILES string of the molecule is C#CCNC(=O)C(C)N1CCCCCC1CC(C)=O. The van der Waals surface area contributed by atoms with E-state index >= 15 is 0 Å². The third-order valence-electron chi connectivity index (χ3n) is 3.69. The van der Waals surface area contributed by atoms with Crippen molar-refractivity contribution in [1.82, 2.24) is 10.2 Å². The van der Waals surface area contributed by atoms with E-state index in [4.69, 9.17) is 6.42 Å². The molecular formula is C15H24N2O2. The summed E-state index contributed by atoms with van der Waals surface area (Å²) in [6.45, 7) is 4.65. The summed E-state index contributed by atoms with van der Waals surface area (Å²) in [5, 5.41) is 2.72. The summed E-state index contributed by atoms with van der Waals surface area (Å²) in [4.78, 5) is 25.6. The minimum atomic E-state index is -0.226. The van der Waals surface area contributed by atoms with Gasteiger partial charge >= 0.3 is 0 Å². The lowest BCUT2D eigenvalue weighted by atomic mass is 10.0. The third kappa shape index (κ3) is 5.04. The Hall–Kier alpha value is -1.34. The summed E-state index contributed by atoms with van der Waals surface area (Å²) in [5.41, 5.74) is 0. The zero-order valence-corrected chi connectivity index (χ0v) is 11.9. The Morgan fingerprint density at radius 2 is 2.16 bits per heavy atom. The van der Waals surface area contributed by atoms with Gasteiger partial charge in [0.2, 0.25) is 5.91 Å². The molecule has 4 heteroatoms. The molecule has 2 atom stereocenters. The van der Waals surface area contributed by atoms with Gasteiger partial charge in [-0.05, 0) is 33.2 Å². The molecule has 1 rings (SSSR count). The molecule has 0 aromatic carbocycles. The number of amides is 1. The first kappa shape index (κ1) is 15.7. The molecule has 4 nitrogen and oxygen atoms in total. The molecule has 0 spiro atoms. The monoisotopic (exact) mass is 264 g/mol. The molecule has 19 heavy (non-hydrogen) atoms. The maximum Gasteiger partial charge on any atom is 0.237 e. The number of hydrogen-bond donors (Lipinski definition) is 1. The molecule has 1 saturated heterocycles. The first-order valence-corrected chi connectivity index (χ1v) is 7.02. The smallest absolute Gasteiger partial charge is 0.237 e. The largest absolute Gasteiger partial charge is 0.344 e. The lowest BCUT2D eigenvalue weighted by Crippen LogP contribution is -2.50. The van der Waals surface area contributed by atoms with Crippen LogP contribution in [-0.2, 0) is 9.59 Å². The first-order valence-electron chi connectivity index (χ1n) is 7.02. The fourth-order valence-electron chi connectivity index (χ4n) is 2.70. The topological polar surface area (TPSA) is 49.4 Å². The van der Waals surface area contributed by atoms with E-state index < -0.39 is 0 Å². The van der Waals surface area contributed by atoms with Gasteiger partial charge in [-0.15, -0.1) is 6.42 Å². The second-order valence-electron chi connectivity index (χ2n) is 5.25. The third-order valence-corrected chi connectivity index (χ3v) is 3.69. The van der Waals surface area contributed by atoms with Crippen LogP contribution in [0.4, 0.5) is 0 Å². The van der Waals surface area contributed by atoms with Gasteiger partial charge in [-0.2, -0.15) is 0 Å². The molecule has 0 aliphatic carbocycles. The molecule has 1 heterocycles. The van der Waals surface area contributed by atoms with Crippen molar-refractivity contribution in [2.45, 2.75) is 58.0 Å². The Bertz CT molecular complexity index is 360. The van der Waals surface area contributed by atoms with Gasteiger partial charge < -0.3 is 5.32 Å². The van der Waals surface area contributed by atoms with Gasteiger partial charge in [0.25, 0.3) is 0 Å². The molecule has 0 aromatic rings. The summed E-state index contributed by atoms with van der Waals surface area (Å²) >= 11 is 0. The van der Waals surface area contributed by atoms with Gasteiger partial charge in [0, 0.05) is 12.5 Å². The minimum Gasteiger partial charge on any atom is -0.344 e. The van der Waals surface area contributed by atoms with Gasteiger partial charge in [-0.1, -0.05) is 18.8 Å². The van der Waals surface area contributed by atoms with E-state index in [0.29, 0.717) is 6.42 Å². The van der Waals surface area contributed by atoms with Crippen LogP contribution in [0.15, 0.2) is 0 Å². The van der Waals surface area contributed by atoms with E-state index in [2.05, 4.69) is 16.1 Å². The van der Waals surface area contributed by atoms with Crippen LogP contribution in [0.5, 0.6) is 0 Å². The van der Waals surface area contributed by atoms with Gasteiger partial charge in [-0.3, -0.25) is 14.5 Å². The van der Waals surface area contributed by atoms with Crippen LogP contribution in [0.2, 0.25) is 0 Å². The molecule has 0 saturated carbocycles. The van der Waals surface area contributed by atoms with E-state index in [1.54, 1.807) is 6.92 Å². The van der Waals surface area contributed by atoms with Crippen LogP contribution in [-0.4, -0.2) is 41.8 Å². The first-order chi connectivity index (χ1) is 9.06. The summed E-state index contributed by atoms with van der Waals surface area (Å²) in [7, 11) is 0. The quantitative estimate of drug-likeness (QED) is 0.763. The number of Topliss-reactive ketones (excluding diaryl/α,β-unsaturated/α-hetero) is 1. The molecule has 0 radical (unpaired) electrons. The number of terminal acetylenes is 1. The molecule has 0 aromatic heterocycles. The van der Waals surface area contributed by atoms with Gasteiger partial charge in [0.05, 0.1) is 12.6 Å². The van der Waals surface area contributed by atoms with Crippen molar-refractivity contribution in [1.29, 1.82) is 0 Å². The summed E-state index contributed by atoms with van der Waals surface area (Å²) < 4.78 is 0. The predicted octanol–water partition coefficient (Wildman–Crippen LogP) is 1.35. The maximum atomic E-state index is 12.0. The Morgan fingerprint density at radius 3 is 2.79 bits per heavy atom. The summed E-state index contributed by atoms with van der Waals surface area (Å²) in [6.07, 6.45) is 10.1. The Labute approximate surface area is 115 Å². The molecule has 1 aliphatic heterocycles. The highest BCUT2D eigenvalue weighted by Gasteiger charge is 2.29. The van der Waals surface area contributed by atoms with E-state index in [9.17, 15) is 9.59 Å². The van der Waals surface area contributed by atoms with Crippen LogP contribution in [0, 0.1) is 12.3 Å². The van der Waals surface area contributed by atoms with E-state index in [1.165, 1.54) is 6.42 Å². The number of likely N-dealkylation sites (tertiary alicyclic amines) is 1. The molecule has 2 unspecified atom stereocenters. The summed E-state index contributed by atoms with van der Waals surface area (Å²) in [6, 6.07) is -0.0395. The molecule has 1 amide bonds. The van der Waals surface area contributed by atoms with Gasteiger partial charge in [-0.25, -0.2) is 0 Å². The van der Waals surface area contributed by atoms with Gasteiger partial charge in [0.15, 0.2) is 0 Å². The number of carbonyl (C=O) groups is 2. The zero-order chi connectivity index (χ0) is 14.3. The summed E-state index contributed by atoms with van der Waals surface area (Å²) in [5.74, 6) is 2.55. The van der Waals surface area contributed by atoms with Crippen molar-refractivity contribution in [3.8, 4) is 12.3 Å². The second-order valence-corrected chi connectivity index (χ2v) is 5.25. The second kappa shape index (κ2) is 7.96. The highest BCUT2D eigenvalue weighted by atomic mass is 16.2. The van der Waals surface area contributed by atoms with E-state index in [-0.39, 0.29) is 30.3 Å². The molecule has 1 aliphatic rings. The standard InChI is InChI=1S/C15H24N2O2/c1-4-9-16-15(19)13(3)17-10-7-5-6-8-14(17)11-12(2)18/h1,13-14H,5-11H2,2-3H3,(H,16,19). The lowest BCUT2D eigenvalue weighted by Gasteiger charge is -2.33. The Balaban J connectivity index is 2.70. The number of hydrogen-bond acceptors (Lipinski definition) is 3. The molecule has 106 valence electrons. The fourth-order valence-corrected chi connectivity index (χ4v) is 2.70. The van der Waals surface area contributed by atoms with Crippen molar-refractivity contribution in [3.05, 3.63) is 0 Å². The molecule has 1 fully saturated rings. The van der Waals surface area contributed by atoms with E-state index in [0.717, 1.165) is 25.8 Å². The van der Waals surface area contributed by atoms with Crippen molar-refractivity contribution < 1.29 is 9.59 Å². The van der Waals surface area contributed by atoms with Crippen LogP contribution >= 0.6 is 0 Å². The molecule has 1 N–H and O–H groups in total. The number of carbonyl (C=O) groups excluding carboxylic acids is 2. The van der Waals surface area contributed by atoms with Crippen molar-refractivity contribution in [3.63, 3.8) is 0 Å². The Morgan fingerprint density at radius 1 is 1.42 bits per heavy atom. The average Bonchev–Trinajstić information content (AvgIpc) is 2.59. The van der Waals surface area contributed by atoms with Gasteiger partial charge in [0.1, 0.15) is 5.78 Å². The van der Waals surface area contributed by atoms with Crippen molar-refractivity contribution >= 4 is 11.7 Å². The minimum absolute atomic E-state index is 0.0478. The number of ketones is 1. The molecular weight excluding hydrogens is 240 g/mol. The zero-order valence-electron chi connectivity index (χ0n) is 11.9. The van der Waals surface area contributed by atoms with Crippen LogP contribution in [0.3, 0.4) is 0 Å². The Kier molecular flexibility index (Phi) is 6.58. The molecule has 0 bridgehead atoms. The average molecular weight is 264 g/mol. The fraction of sp³-hybridized carbons (Fsp3) is 0.733. The number of nitrogens with zero attached hydrogens (tertiary/aromatic N) is 1. The number of rotatable bonds is 5. The predicted molar refractivity (Wildman–Crippen MR) is 75.6 cm³/mol.